The Bertz CT molecular complexity index is 329. The van der Waals surface area contributed by atoms with E-state index in [0.717, 1.165) is 24.9 Å². The molecule has 0 unspecified atom stereocenters. The monoisotopic (exact) mass is 225 g/mol. The molecule has 0 saturated heterocycles. The average molecular weight is 225 g/mol. The fourth-order valence-corrected chi connectivity index (χ4v) is 1.41. The molecule has 0 N–H and O–H groups in total. The van der Waals surface area contributed by atoms with Gasteiger partial charge in [0.2, 0.25) is 5.88 Å². The van der Waals surface area contributed by atoms with Crippen LogP contribution in [-0.2, 0) is 6.42 Å². The van der Waals surface area contributed by atoms with Crippen LogP contribution >= 0.6 is 0 Å². The van der Waals surface area contributed by atoms with E-state index in [0.29, 0.717) is 11.9 Å². The molecule has 5 heteroatoms. The van der Waals surface area contributed by atoms with Crippen molar-refractivity contribution in [2.75, 3.05) is 34.9 Å². The molecule has 0 saturated carbocycles. The Morgan fingerprint density at radius 2 is 2.00 bits per heavy atom. The van der Waals surface area contributed by atoms with Gasteiger partial charge in [0.25, 0.3) is 0 Å². The molecular formula is C11H19N3O2. The van der Waals surface area contributed by atoms with Gasteiger partial charge in [-0.3, -0.25) is 0 Å². The van der Waals surface area contributed by atoms with E-state index in [1.165, 1.54) is 0 Å². The van der Waals surface area contributed by atoms with Gasteiger partial charge in [-0.15, -0.1) is 0 Å². The van der Waals surface area contributed by atoms with Crippen molar-refractivity contribution in [2.45, 2.75) is 12.8 Å². The number of methoxy groups -OCH3 is 2. The molecule has 0 aromatic carbocycles. The highest BCUT2D eigenvalue weighted by Crippen LogP contribution is 2.18. The molecule has 0 aliphatic heterocycles. The summed E-state index contributed by atoms with van der Waals surface area (Å²) in [5.41, 5.74) is 1.02. The quantitative estimate of drug-likeness (QED) is 0.722. The second-order valence-electron chi connectivity index (χ2n) is 3.80. The van der Waals surface area contributed by atoms with Crippen LogP contribution in [0.1, 0.15) is 12.0 Å². The van der Waals surface area contributed by atoms with E-state index in [-0.39, 0.29) is 0 Å². The maximum Gasteiger partial charge on any atom is 0.319 e. The first-order chi connectivity index (χ1) is 7.67. The zero-order valence-electron chi connectivity index (χ0n) is 10.4. The third kappa shape index (κ3) is 3.66. The van der Waals surface area contributed by atoms with Crippen molar-refractivity contribution in [1.82, 2.24) is 14.9 Å². The Hall–Kier alpha value is -1.36. The molecule has 1 heterocycles. The summed E-state index contributed by atoms with van der Waals surface area (Å²) in [6.45, 7) is 1.04. The summed E-state index contributed by atoms with van der Waals surface area (Å²) in [7, 11) is 7.27. The summed E-state index contributed by atoms with van der Waals surface area (Å²) in [6.07, 6.45) is 3.73. The van der Waals surface area contributed by atoms with Crippen molar-refractivity contribution in [3.05, 3.63) is 11.8 Å². The topological polar surface area (TPSA) is 47.5 Å². The van der Waals surface area contributed by atoms with E-state index in [9.17, 15) is 0 Å². The van der Waals surface area contributed by atoms with Crippen molar-refractivity contribution < 1.29 is 9.47 Å². The van der Waals surface area contributed by atoms with Crippen LogP contribution < -0.4 is 9.47 Å². The minimum absolute atomic E-state index is 0.341. The summed E-state index contributed by atoms with van der Waals surface area (Å²) in [4.78, 5) is 10.4. The van der Waals surface area contributed by atoms with Gasteiger partial charge in [-0.25, -0.2) is 4.98 Å². The second kappa shape index (κ2) is 6.27. The SMILES string of the molecule is COc1ncc(CCCN(C)C)c(OC)n1. The van der Waals surface area contributed by atoms with E-state index in [4.69, 9.17) is 9.47 Å². The molecular weight excluding hydrogens is 206 g/mol. The third-order valence-corrected chi connectivity index (χ3v) is 2.23. The summed E-state index contributed by atoms with van der Waals surface area (Å²) in [6, 6.07) is 0.341. The van der Waals surface area contributed by atoms with Gasteiger partial charge in [-0.2, -0.15) is 4.98 Å². The van der Waals surface area contributed by atoms with Gasteiger partial charge >= 0.3 is 6.01 Å². The molecule has 0 radical (unpaired) electrons. The molecule has 5 nitrogen and oxygen atoms in total. The van der Waals surface area contributed by atoms with Gasteiger partial charge in [0.1, 0.15) is 0 Å². The molecule has 16 heavy (non-hydrogen) atoms. The van der Waals surface area contributed by atoms with Gasteiger partial charge in [0.05, 0.1) is 14.2 Å². The lowest BCUT2D eigenvalue weighted by atomic mass is 10.2. The van der Waals surface area contributed by atoms with Crippen LogP contribution in [0.25, 0.3) is 0 Å². The van der Waals surface area contributed by atoms with Crippen LogP contribution in [0.5, 0.6) is 11.9 Å². The zero-order chi connectivity index (χ0) is 12.0. The molecule has 1 aromatic rings. The highest BCUT2D eigenvalue weighted by atomic mass is 16.5. The van der Waals surface area contributed by atoms with Crippen molar-refractivity contribution in [1.29, 1.82) is 0 Å². The standard InChI is InChI=1S/C11H19N3O2/c1-14(2)7-5-6-9-8-12-11(16-4)13-10(9)15-3/h8H,5-7H2,1-4H3. The van der Waals surface area contributed by atoms with Gasteiger partial charge in [-0.05, 0) is 33.5 Å². The molecule has 1 rings (SSSR count). The molecule has 0 aliphatic rings. The first-order valence-corrected chi connectivity index (χ1v) is 5.26. The predicted octanol–water partition coefficient (Wildman–Crippen LogP) is 0.988. The fourth-order valence-electron chi connectivity index (χ4n) is 1.41. The second-order valence-corrected chi connectivity index (χ2v) is 3.80. The van der Waals surface area contributed by atoms with Gasteiger partial charge in [0, 0.05) is 11.8 Å². The first-order valence-electron chi connectivity index (χ1n) is 5.26. The van der Waals surface area contributed by atoms with Gasteiger partial charge in [-0.1, -0.05) is 0 Å². The lowest BCUT2D eigenvalue weighted by Crippen LogP contribution is -2.13. The molecule has 0 aliphatic carbocycles. The Kier molecular flexibility index (Phi) is 4.98. The summed E-state index contributed by atoms with van der Waals surface area (Å²) in [5.74, 6) is 0.602. The summed E-state index contributed by atoms with van der Waals surface area (Å²) < 4.78 is 10.1. The van der Waals surface area contributed by atoms with Crippen molar-refractivity contribution in [3.63, 3.8) is 0 Å². The highest BCUT2D eigenvalue weighted by Gasteiger charge is 2.07. The molecule has 90 valence electrons. The number of hydrogen-bond acceptors (Lipinski definition) is 5. The van der Waals surface area contributed by atoms with Crippen molar-refractivity contribution in [3.8, 4) is 11.9 Å². The summed E-state index contributed by atoms with van der Waals surface area (Å²) >= 11 is 0. The molecule has 0 fully saturated rings. The normalized spacial score (nSPS) is 10.6. The predicted molar refractivity (Wildman–Crippen MR) is 62.0 cm³/mol. The maximum absolute atomic E-state index is 5.20. The molecule has 0 spiro atoms. The number of nitrogens with zero attached hydrogens (tertiary/aromatic N) is 3. The highest BCUT2D eigenvalue weighted by molar-refractivity contribution is 5.25. The summed E-state index contributed by atoms with van der Waals surface area (Å²) in [5, 5.41) is 0. The minimum Gasteiger partial charge on any atom is -0.481 e. The number of aromatic nitrogens is 2. The minimum atomic E-state index is 0.341. The average Bonchev–Trinajstić information content (AvgIpc) is 2.29. The largest absolute Gasteiger partial charge is 0.481 e. The smallest absolute Gasteiger partial charge is 0.319 e. The van der Waals surface area contributed by atoms with Crippen LogP contribution in [0, 0.1) is 0 Å². The molecule has 0 atom stereocenters. The van der Waals surface area contributed by atoms with Crippen LogP contribution in [0.3, 0.4) is 0 Å². The molecule has 1 aromatic heterocycles. The Labute approximate surface area is 96.4 Å². The zero-order valence-corrected chi connectivity index (χ0v) is 10.4. The molecule has 0 bridgehead atoms. The maximum atomic E-state index is 5.20. The third-order valence-electron chi connectivity index (χ3n) is 2.23. The van der Waals surface area contributed by atoms with Gasteiger partial charge in [0.15, 0.2) is 0 Å². The number of aryl methyl sites for hydroxylation is 1. The van der Waals surface area contributed by atoms with Crippen LogP contribution in [0.2, 0.25) is 0 Å². The number of hydrogen-bond donors (Lipinski definition) is 0. The Morgan fingerprint density at radius 3 is 2.56 bits per heavy atom. The van der Waals surface area contributed by atoms with E-state index >= 15 is 0 Å². The Balaban J connectivity index is 2.64. The van der Waals surface area contributed by atoms with Crippen molar-refractivity contribution >= 4 is 0 Å². The lowest BCUT2D eigenvalue weighted by molar-refractivity contribution is 0.346. The van der Waals surface area contributed by atoms with E-state index in [2.05, 4.69) is 29.0 Å². The molecule has 0 amide bonds. The van der Waals surface area contributed by atoms with Crippen LogP contribution in [0.15, 0.2) is 6.20 Å². The van der Waals surface area contributed by atoms with Crippen molar-refractivity contribution in [2.24, 2.45) is 0 Å². The first kappa shape index (κ1) is 12.7. The fraction of sp³-hybridized carbons (Fsp3) is 0.636. The van der Waals surface area contributed by atoms with E-state index in [1.807, 2.05) is 0 Å². The van der Waals surface area contributed by atoms with Gasteiger partial charge < -0.3 is 14.4 Å². The Morgan fingerprint density at radius 1 is 1.25 bits per heavy atom. The lowest BCUT2D eigenvalue weighted by Gasteiger charge is -2.10. The number of ether oxygens (including phenoxy) is 2. The van der Waals surface area contributed by atoms with E-state index in [1.54, 1.807) is 20.4 Å². The van der Waals surface area contributed by atoms with E-state index < -0.39 is 0 Å². The van der Waals surface area contributed by atoms with Crippen LogP contribution in [-0.4, -0.2) is 49.7 Å². The number of rotatable bonds is 6. The van der Waals surface area contributed by atoms with Crippen LogP contribution in [0.4, 0.5) is 0 Å².